The predicted molar refractivity (Wildman–Crippen MR) is 93.0 cm³/mol. The summed E-state index contributed by atoms with van der Waals surface area (Å²) in [6.45, 7) is 1.92. The fourth-order valence-electron chi connectivity index (χ4n) is 1.87. The Bertz CT molecular complexity index is 835. The van der Waals surface area contributed by atoms with Crippen LogP contribution in [0.25, 0.3) is 10.2 Å². The fourth-order valence-corrected chi connectivity index (χ4v) is 3.80. The summed E-state index contributed by atoms with van der Waals surface area (Å²) in [6.07, 6.45) is 1.52. The first-order valence-electron chi connectivity index (χ1n) is 6.50. The number of nitrogens with zero attached hydrogens (tertiary/aromatic N) is 2. The lowest BCUT2D eigenvalue weighted by Gasteiger charge is -2.07. The molecule has 0 radical (unpaired) electrons. The second kappa shape index (κ2) is 6.64. The Morgan fingerprint density at radius 3 is 3.05 bits per heavy atom. The topological polar surface area (TPSA) is 54.9 Å². The number of aromatic nitrogens is 2. The van der Waals surface area contributed by atoms with Gasteiger partial charge in [-0.05, 0) is 36.1 Å². The molecular formula is C15H12ClN3OS2. The van der Waals surface area contributed by atoms with Crippen molar-refractivity contribution in [3.63, 3.8) is 0 Å². The smallest absolute Gasteiger partial charge is 0.234 e. The molecular weight excluding hydrogens is 338 g/mol. The quantitative estimate of drug-likeness (QED) is 0.561. The minimum atomic E-state index is -0.0896. The third-order valence-corrected chi connectivity index (χ3v) is 5.44. The summed E-state index contributed by atoms with van der Waals surface area (Å²) in [7, 11) is 0. The number of aryl methyl sites for hydroxylation is 1. The highest BCUT2D eigenvalue weighted by Gasteiger charge is 2.09. The van der Waals surface area contributed by atoms with Gasteiger partial charge in [0.25, 0.3) is 0 Å². The van der Waals surface area contributed by atoms with Crippen molar-refractivity contribution in [2.24, 2.45) is 0 Å². The first-order chi connectivity index (χ1) is 10.6. The highest BCUT2D eigenvalue weighted by Crippen LogP contribution is 2.28. The summed E-state index contributed by atoms with van der Waals surface area (Å²) >= 11 is 9.03. The van der Waals surface area contributed by atoms with E-state index in [1.807, 2.05) is 30.5 Å². The molecule has 0 saturated carbocycles. The van der Waals surface area contributed by atoms with Gasteiger partial charge in [0.1, 0.15) is 11.4 Å². The number of anilines is 1. The molecule has 0 saturated heterocycles. The van der Waals surface area contributed by atoms with Crippen molar-refractivity contribution in [3.8, 4) is 0 Å². The zero-order chi connectivity index (χ0) is 15.5. The molecule has 0 unspecified atom stereocenters. The SMILES string of the molecule is Cc1ccc(NC(=O)CSc2ncnc3ccsc23)cc1Cl. The predicted octanol–water partition coefficient (Wildman–Crippen LogP) is 4.38. The van der Waals surface area contributed by atoms with E-state index in [1.165, 1.54) is 18.1 Å². The largest absolute Gasteiger partial charge is 0.325 e. The van der Waals surface area contributed by atoms with Crippen molar-refractivity contribution < 1.29 is 4.79 Å². The Hall–Kier alpha value is -1.63. The van der Waals surface area contributed by atoms with Crippen LogP contribution in [0.3, 0.4) is 0 Å². The van der Waals surface area contributed by atoms with Crippen LogP contribution in [0.1, 0.15) is 5.56 Å². The lowest BCUT2D eigenvalue weighted by atomic mass is 10.2. The van der Waals surface area contributed by atoms with Crippen LogP contribution in [0, 0.1) is 6.92 Å². The molecule has 1 aromatic carbocycles. The highest BCUT2D eigenvalue weighted by molar-refractivity contribution is 8.00. The zero-order valence-corrected chi connectivity index (χ0v) is 14.1. The van der Waals surface area contributed by atoms with Crippen LogP contribution in [-0.2, 0) is 4.79 Å². The van der Waals surface area contributed by atoms with Gasteiger partial charge in [-0.15, -0.1) is 11.3 Å². The van der Waals surface area contributed by atoms with Crippen molar-refractivity contribution >= 4 is 56.5 Å². The minimum Gasteiger partial charge on any atom is -0.325 e. The Kier molecular flexibility index (Phi) is 4.61. The van der Waals surface area contributed by atoms with Gasteiger partial charge in [-0.1, -0.05) is 29.4 Å². The van der Waals surface area contributed by atoms with Crippen molar-refractivity contribution in [2.75, 3.05) is 11.1 Å². The Morgan fingerprint density at radius 1 is 1.36 bits per heavy atom. The Balaban J connectivity index is 1.65. The molecule has 7 heteroatoms. The fraction of sp³-hybridized carbons (Fsp3) is 0.133. The number of carbonyl (C=O) groups excluding carboxylic acids is 1. The van der Waals surface area contributed by atoms with Gasteiger partial charge >= 0.3 is 0 Å². The molecule has 0 aliphatic carbocycles. The van der Waals surface area contributed by atoms with Gasteiger partial charge in [-0.2, -0.15) is 0 Å². The molecule has 0 bridgehead atoms. The van der Waals surface area contributed by atoms with E-state index in [2.05, 4.69) is 15.3 Å². The molecule has 0 spiro atoms. The van der Waals surface area contributed by atoms with Crippen LogP contribution < -0.4 is 5.32 Å². The van der Waals surface area contributed by atoms with E-state index in [-0.39, 0.29) is 11.7 Å². The summed E-state index contributed by atoms with van der Waals surface area (Å²) in [4.78, 5) is 20.5. The van der Waals surface area contributed by atoms with Crippen molar-refractivity contribution in [3.05, 3.63) is 46.6 Å². The van der Waals surface area contributed by atoms with Crippen LogP contribution in [0.5, 0.6) is 0 Å². The number of nitrogens with one attached hydrogen (secondary N) is 1. The molecule has 1 amide bonds. The molecule has 22 heavy (non-hydrogen) atoms. The number of fused-ring (bicyclic) bond motifs is 1. The van der Waals surface area contributed by atoms with Crippen molar-refractivity contribution in [1.29, 1.82) is 0 Å². The summed E-state index contributed by atoms with van der Waals surface area (Å²) in [6, 6.07) is 7.42. The maximum atomic E-state index is 12.0. The number of amides is 1. The van der Waals surface area contributed by atoms with Gasteiger partial charge in [0.05, 0.1) is 16.0 Å². The van der Waals surface area contributed by atoms with E-state index in [4.69, 9.17) is 11.6 Å². The van der Waals surface area contributed by atoms with Crippen LogP contribution in [-0.4, -0.2) is 21.6 Å². The number of thioether (sulfide) groups is 1. The Morgan fingerprint density at radius 2 is 2.23 bits per heavy atom. The normalized spacial score (nSPS) is 10.8. The summed E-state index contributed by atoms with van der Waals surface area (Å²) in [5.41, 5.74) is 2.59. The number of hydrogen-bond donors (Lipinski definition) is 1. The molecule has 0 aliphatic rings. The second-order valence-corrected chi connectivity index (χ2v) is 6.90. The van der Waals surface area contributed by atoms with Gasteiger partial charge in [0.15, 0.2) is 0 Å². The second-order valence-electron chi connectivity index (χ2n) is 4.61. The van der Waals surface area contributed by atoms with E-state index in [9.17, 15) is 4.79 Å². The molecule has 1 N–H and O–H groups in total. The number of hydrogen-bond acceptors (Lipinski definition) is 5. The van der Waals surface area contributed by atoms with Crippen molar-refractivity contribution in [2.45, 2.75) is 11.9 Å². The summed E-state index contributed by atoms with van der Waals surface area (Å²) in [5.74, 6) is 0.198. The van der Waals surface area contributed by atoms with Gasteiger partial charge in [0.2, 0.25) is 5.91 Å². The molecule has 2 heterocycles. The molecule has 112 valence electrons. The Labute approximate surface area is 140 Å². The first kappa shape index (κ1) is 15.3. The average molecular weight is 350 g/mol. The van der Waals surface area contributed by atoms with Gasteiger partial charge in [-0.25, -0.2) is 9.97 Å². The number of halogens is 1. The van der Waals surface area contributed by atoms with Crippen LogP contribution in [0.4, 0.5) is 5.69 Å². The van der Waals surface area contributed by atoms with Gasteiger partial charge in [-0.3, -0.25) is 4.79 Å². The van der Waals surface area contributed by atoms with E-state index < -0.39 is 0 Å². The third kappa shape index (κ3) is 3.40. The molecule has 4 nitrogen and oxygen atoms in total. The molecule has 2 aromatic heterocycles. The lowest BCUT2D eigenvalue weighted by molar-refractivity contribution is -0.113. The van der Waals surface area contributed by atoms with Gasteiger partial charge in [0, 0.05) is 10.7 Å². The number of carbonyl (C=O) groups is 1. The minimum absolute atomic E-state index is 0.0896. The molecule has 3 aromatic rings. The summed E-state index contributed by atoms with van der Waals surface area (Å²) < 4.78 is 1.01. The zero-order valence-electron chi connectivity index (χ0n) is 11.7. The average Bonchev–Trinajstić information content (AvgIpc) is 2.98. The van der Waals surface area contributed by atoms with Gasteiger partial charge < -0.3 is 5.32 Å². The third-order valence-electron chi connectivity index (χ3n) is 3.01. The molecule has 0 fully saturated rings. The molecule has 3 rings (SSSR count). The van der Waals surface area contributed by atoms with Crippen LogP contribution in [0.15, 0.2) is 41.0 Å². The monoisotopic (exact) mass is 349 g/mol. The van der Waals surface area contributed by atoms with Crippen LogP contribution in [0.2, 0.25) is 5.02 Å². The van der Waals surface area contributed by atoms with E-state index in [0.717, 1.165) is 20.8 Å². The summed E-state index contributed by atoms with van der Waals surface area (Å²) in [5, 5.41) is 6.28. The van der Waals surface area contributed by atoms with Crippen molar-refractivity contribution in [1.82, 2.24) is 9.97 Å². The van der Waals surface area contributed by atoms with E-state index in [0.29, 0.717) is 10.7 Å². The maximum Gasteiger partial charge on any atom is 0.234 e. The maximum absolute atomic E-state index is 12.0. The lowest BCUT2D eigenvalue weighted by Crippen LogP contribution is -2.14. The molecule has 0 aliphatic heterocycles. The number of rotatable bonds is 4. The van der Waals surface area contributed by atoms with E-state index in [1.54, 1.807) is 17.4 Å². The first-order valence-corrected chi connectivity index (χ1v) is 8.75. The van der Waals surface area contributed by atoms with Crippen LogP contribution >= 0.6 is 34.7 Å². The number of thiophene rings is 1. The highest BCUT2D eigenvalue weighted by atomic mass is 35.5. The standard InChI is InChI=1S/C15H12ClN3OS2/c1-9-2-3-10(6-11(9)16)19-13(20)7-22-15-14-12(4-5-21-14)17-8-18-15/h2-6,8H,7H2,1H3,(H,19,20). The number of benzene rings is 1. The molecule has 0 atom stereocenters. The van der Waals surface area contributed by atoms with E-state index >= 15 is 0 Å².